The Morgan fingerprint density at radius 3 is 2.85 bits per heavy atom. The number of nitrogens with one attached hydrogen (secondary N) is 1. The second-order valence-corrected chi connectivity index (χ2v) is 3.41. The van der Waals surface area contributed by atoms with Gasteiger partial charge in [0.15, 0.2) is 0 Å². The summed E-state index contributed by atoms with van der Waals surface area (Å²) in [5.74, 6) is 0. The van der Waals surface area contributed by atoms with Crippen LogP contribution in [0.5, 0.6) is 0 Å². The highest BCUT2D eigenvalue weighted by molar-refractivity contribution is 5.15. The molecule has 1 unspecified atom stereocenters. The maximum atomic E-state index is 5.57. The first-order valence-corrected chi connectivity index (χ1v) is 4.81. The van der Waals surface area contributed by atoms with Gasteiger partial charge in [0, 0.05) is 0 Å². The van der Waals surface area contributed by atoms with Gasteiger partial charge in [-0.3, -0.25) is 5.32 Å². The van der Waals surface area contributed by atoms with E-state index in [0.717, 1.165) is 19.4 Å². The fourth-order valence-electron chi connectivity index (χ4n) is 1.63. The zero-order chi connectivity index (χ0) is 8.93. The average molecular weight is 177 g/mol. The lowest BCUT2D eigenvalue weighted by Crippen LogP contribution is -2.34. The van der Waals surface area contributed by atoms with Crippen LogP contribution >= 0.6 is 0 Å². The SMILES string of the molecule is c1ccc(CC2CCNCO2)cc1. The third-order valence-corrected chi connectivity index (χ3v) is 2.37. The van der Waals surface area contributed by atoms with Gasteiger partial charge in [0.1, 0.15) is 0 Å². The predicted molar refractivity (Wildman–Crippen MR) is 52.5 cm³/mol. The van der Waals surface area contributed by atoms with Crippen molar-refractivity contribution in [2.45, 2.75) is 18.9 Å². The molecule has 1 N–H and O–H groups in total. The summed E-state index contributed by atoms with van der Waals surface area (Å²) in [6.45, 7) is 1.79. The summed E-state index contributed by atoms with van der Waals surface area (Å²) in [6, 6.07) is 10.5. The summed E-state index contributed by atoms with van der Waals surface area (Å²) < 4.78 is 5.57. The molecule has 0 amide bonds. The summed E-state index contributed by atoms with van der Waals surface area (Å²) in [4.78, 5) is 0. The van der Waals surface area contributed by atoms with Crippen LogP contribution in [0.25, 0.3) is 0 Å². The molecule has 2 nitrogen and oxygen atoms in total. The van der Waals surface area contributed by atoms with Gasteiger partial charge in [0.05, 0.1) is 12.8 Å². The number of hydrogen-bond acceptors (Lipinski definition) is 2. The highest BCUT2D eigenvalue weighted by Gasteiger charge is 2.13. The molecule has 0 aromatic heterocycles. The lowest BCUT2D eigenvalue weighted by molar-refractivity contribution is 0.00807. The molecular formula is C11H15NO. The van der Waals surface area contributed by atoms with Crippen LogP contribution in [0, 0.1) is 0 Å². The van der Waals surface area contributed by atoms with Crippen molar-refractivity contribution in [2.75, 3.05) is 13.3 Å². The first-order valence-electron chi connectivity index (χ1n) is 4.81. The van der Waals surface area contributed by atoms with Crippen LogP contribution in [-0.4, -0.2) is 19.4 Å². The second-order valence-electron chi connectivity index (χ2n) is 3.41. The minimum atomic E-state index is 0.406. The highest BCUT2D eigenvalue weighted by Crippen LogP contribution is 2.10. The number of rotatable bonds is 2. The fourth-order valence-corrected chi connectivity index (χ4v) is 1.63. The molecule has 0 spiro atoms. The van der Waals surface area contributed by atoms with E-state index in [-0.39, 0.29) is 0 Å². The standard InChI is InChI=1S/C11H15NO/c1-2-4-10(5-3-1)8-11-6-7-12-9-13-11/h1-5,11-12H,6-9H2. The maximum absolute atomic E-state index is 5.57. The molecule has 1 atom stereocenters. The first-order chi connectivity index (χ1) is 6.45. The van der Waals surface area contributed by atoms with E-state index >= 15 is 0 Å². The third kappa shape index (κ3) is 2.54. The van der Waals surface area contributed by atoms with Crippen molar-refractivity contribution in [1.29, 1.82) is 0 Å². The van der Waals surface area contributed by atoms with Gasteiger partial charge in [-0.05, 0) is 24.9 Å². The van der Waals surface area contributed by atoms with Crippen molar-refractivity contribution in [3.63, 3.8) is 0 Å². The largest absolute Gasteiger partial charge is 0.363 e. The van der Waals surface area contributed by atoms with Crippen LogP contribution in [0.4, 0.5) is 0 Å². The second kappa shape index (κ2) is 4.40. The fraction of sp³-hybridized carbons (Fsp3) is 0.455. The topological polar surface area (TPSA) is 21.3 Å². The summed E-state index contributed by atoms with van der Waals surface area (Å²) in [6.07, 6.45) is 2.57. The van der Waals surface area contributed by atoms with Crippen LogP contribution in [0.15, 0.2) is 30.3 Å². The Bertz CT molecular complexity index is 242. The van der Waals surface area contributed by atoms with Gasteiger partial charge in [-0.15, -0.1) is 0 Å². The molecule has 0 saturated carbocycles. The van der Waals surface area contributed by atoms with Crippen LogP contribution in [0.3, 0.4) is 0 Å². The molecule has 70 valence electrons. The van der Waals surface area contributed by atoms with Gasteiger partial charge in [-0.1, -0.05) is 30.3 Å². The molecular weight excluding hydrogens is 162 g/mol. The van der Waals surface area contributed by atoms with E-state index in [9.17, 15) is 0 Å². The van der Waals surface area contributed by atoms with E-state index in [1.54, 1.807) is 0 Å². The average Bonchev–Trinajstić information content (AvgIpc) is 2.21. The van der Waals surface area contributed by atoms with Gasteiger partial charge in [-0.2, -0.15) is 0 Å². The molecule has 1 aliphatic rings. The van der Waals surface area contributed by atoms with Crippen molar-refractivity contribution in [3.8, 4) is 0 Å². The Morgan fingerprint density at radius 2 is 2.15 bits per heavy atom. The lowest BCUT2D eigenvalue weighted by Gasteiger charge is -2.23. The third-order valence-electron chi connectivity index (χ3n) is 2.37. The smallest absolute Gasteiger partial charge is 0.0969 e. The highest BCUT2D eigenvalue weighted by atomic mass is 16.5. The normalized spacial score (nSPS) is 22.9. The predicted octanol–water partition coefficient (Wildman–Crippen LogP) is 1.57. The van der Waals surface area contributed by atoms with E-state index in [4.69, 9.17) is 4.74 Å². The van der Waals surface area contributed by atoms with Crippen molar-refractivity contribution in [2.24, 2.45) is 0 Å². The Morgan fingerprint density at radius 1 is 1.31 bits per heavy atom. The molecule has 0 aliphatic carbocycles. The van der Waals surface area contributed by atoms with E-state index in [2.05, 4.69) is 29.6 Å². The van der Waals surface area contributed by atoms with Crippen LogP contribution < -0.4 is 5.32 Å². The molecule has 13 heavy (non-hydrogen) atoms. The molecule has 0 bridgehead atoms. The van der Waals surface area contributed by atoms with E-state index < -0.39 is 0 Å². The maximum Gasteiger partial charge on any atom is 0.0969 e. The molecule has 1 fully saturated rings. The zero-order valence-electron chi connectivity index (χ0n) is 7.70. The molecule has 1 saturated heterocycles. The molecule has 2 heteroatoms. The number of hydrogen-bond donors (Lipinski definition) is 1. The summed E-state index contributed by atoms with van der Waals surface area (Å²) in [7, 11) is 0. The van der Waals surface area contributed by atoms with Crippen molar-refractivity contribution < 1.29 is 4.74 Å². The van der Waals surface area contributed by atoms with Crippen LogP contribution in [0.2, 0.25) is 0 Å². The minimum absolute atomic E-state index is 0.406. The Balaban J connectivity index is 1.90. The van der Waals surface area contributed by atoms with Gasteiger partial charge < -0.3 is 4.74 Å². The Kier molecular flexibility index (Phi) is 2.95. The number of ether oxygens (including phenoxy) is 1. The van der Waals surface area contributed by atoms with Gasteiger partial charge >= 0.3 is 0 Å². The number of benzene rings is 1. The monoisotopic (exact) mass is 177 g/mol. The summed E-state index contributed by atoms with van der Waals surface area (Å²) >= 11 is 0. The van der Waals surface area contributed by atoms with E-state index in [1.165, 1.54) is 5.56 Å². The van der Waals surface area contributed by atoms with E-state index in [1.807, 2.05) is 6.07 Å². The van der Waals surface area contributed by atoms with Crippen LogP contribution in [0.1, 0.15) is 12.0 Å². The van der Waals surface area contributed by atoms with Gasteiger partial charge in [-0.25, -0.2) is 0 Å². The lowest BCUT2D eigenvalue weighted by atomic mass is 10.1. The molecule has 2 rings (SSSR count). The zero-order valence-corrected chi connectivity index (χ0v) is 7.70. The van der Waals surface area contributed by atoms with Crippen LogP contribution in [-0.2, 0) is 11.2 Å². The van der Waals surface area contributed by atoms with Crippen molar-refractivity contribution >= 4 is 0 Å². The van der Waals surface area contributed by atoms with E-state index in [0.29, 0.717) is 12.8 Å². The molecule has 1 aromatic rings. The van der Waals surface area contributed by atoms with Crippen molar-refractivity contribution in [1.82, 2.24) is 5.32 Å². The molecule has 1 aliphatic heterocycles. The van der Waals surface area contributed by atoms with Gasteiger partial charge in [0.2, 0.25) is 0 Å². The molecule has 1 aromatic carbocycles. The summed E-state index contributed by atoms with van der Waals surface area (Å²) in [5.41, 5.74) is 1.37. The van der Waals surface area contributed by atoms with Gasteiger partial charge in [0.25, 0.3) is 0 Å². The quantitative estimate of drug-likeness (QED) is 0.740. The Hall–Kier alpha value is -0.860. The first kappa shape index (κ1) is 8.73. The molecule has 1 heterocycles. The Labute approximate surface area is 78.9 Å². The van der Waals surface area contributed by atoms with Crippen molar-refractivity contribution in [3.05, 3.63) is 35.9 Å². The minimum Gasteiger partial charge on any atom is -0.363 e. The summed E-state index contributed by atoms with van der Waals surface area (Å²) in [5, 5.41) is 3.18. The molecule has 0 radical (unpaired) electrons.